The van der Waals surface area contributed by atoms with E-state index in [1.807, 2.05) is 56.3 Å². The average Bonchev–Trinajstić information content (AvgIpc) is 3.24. The Balaban J connectivity index is 1.91. The van der Waals surface area contributed by atoms with Gasteiger partial charge in [-0.1, -0.05) is 80.5 Å². The number of hydrogen-bond acceptors (Lipinski definition) is 12. The molecule has 12 nitrogen and oxygen atoms in total. The SMILES string of the molecule is C=C1C[C@H](/C=C(\C)C[C@@H](OC(=O)CP(=O)(OCC)OCC)[C@@H](COCc2ccc(OC)c(OC)c2)OCc2ccc(OC)cc2)C[C@H](C/C=C/[C@@H](C/C(C)=C\C=O)O[Si](C)(C)C(C)(C)C)C1. The number of rotatable bonds is 29. The van der Waals surface area contributed by atoms with E-state index in [4.69, 9.17) is 41.9 Å². The first-order chi connectivity index (χ1) is 31.3. The zero-order chi connectivity index (χ0) is 48.9. The van der Waals surface area contributed by atoms with Crippen molar-refractivity contribution in [1.82, 2.24) is 0 Å². The van der Waals surface area contributed by atoms with Crippen LogP contribution in [0, 0.1) is 11.8 Å². The maximum absolute atomic E-state index is 13.8. The predicted octanol–water partition coefficient (Wildman–Crippen LogP) is 12.2. The Bertz CT molecular complexity index is 1960. The number of carbonyl (C=O) groups excluding carboxylic acids is 2. The number of benzene rings is 2. The van der Waals surface area contributed by atoms with E-state index in [2.05, 4.69) is 58.7 Å². The Morgan fingerprint density at radius 3 is 2.15 bits per heavy atom. The summed E-state index contributed by atoms with van der Waals surface area (Å²) < 4.78 is 66.7. The van der Waals surface area contributed by atoms with E-state index in [0.717, 1.165) is 60.0 Å². The lowest BCUT2D eigenvalue weighted by Crippen LogP contribution is -2.43. The van der Waals surface area contributed by atoms with Gasteiger partial charge in [0.25, 0.3) is 0 Å². The van der Waals surface area contributed by atoms with Crippen molar-refractivity contribution in [3.05, 3.63) is 101 Å². The smallest absolute Gasteiger partial charge is 0.341 e. The Morgan fingerprint density at radius 2 is 1.55 bits per heavy atom. The van der Waals surface area contributed by atoms with E-state index in [-0.39, 0.29) is 50.1 Å². The molecule has 0 bridgehead atoms. The first kappa shape index (κ1) is 56.5. The number of ether oxygens (including phenoxy) is 6. The zero-order valence-corrected chi connectivity index (χ0v) is 43.7. The van der Waals surface area contributed by atoms with Crippen molar-refractivity contribution in [3.63, 3.8) is 0 Å². The predicted molar refractivity (Wildman–Crippen MR) is 265 cm³/mol. The summed E-state index contributed by atoms with van der Waals surface area (Å²) in [5.74, 6) is 1.77. The van der Waals surface area contributed by atoms with Gasteiger partial charge in [-0.3, -0.25) is 14.2 Å². The summed E-state index contributed by atoms with van der Waals surface area (Å²) in [6.45, 7) is 23.8. The first-order valence-corrected chi connectivity index (χ1v) is 27.8. The molecule has 1 aliphatic rings. The van der Waals surface area contributed by atoms with E-state index >= 15 is 0 Å². The minimum atomic E-state index is -3.76. The van der Waals surface area contributed by atoms with Crippen molar-refractivity contribution in [2.75, 3.05) is 47.3 Å². The van der Waals surface area contributed by atoms with Crippen LogP contribution in [0.5, 0.6) is 17.2 Å². The molecular weight excluding hydrogens is 876 g/mol. The first-order valence-electron chi connectivity index (χ1n) is 23.2. The molecule has 1 aliphatic carbocycles. The highest BCUT2D eigenvalue weighted by Gasteiger charge is 2.39. The second kappa shape index (κ2) is 27.9. The Hall–Kier alpha value is -3.81. The molecule has 66 heavy (non-hydrogen) atoms. The van der Waals surface area contributed by atoms with Gasteiger partial charge < -0.3 is 41.9 Å². The summed E-state index contributed by atoms with van der Waals surface area (Å²) in [4.78, 5) is 25.0. The fourth-order valence-electron chi connectivity index (χ4n) is 7.77. The molecule has 2 aromatic rings. The fourth-order valence-corrected chi connectivity index (χ4v) is 10.5. The highest BCUT2D eigenvalue weighted by atomic mass is 31.2. The molecule has 0 aromatic heterocycles. The lowest BCUT2D eigenvalue weighted by molar-refractivity contribution is -0.160. The van der Waals surface area contributed by atoms with Gasteiger partial charge in [0.15, 0.2) is 19.8 Å². The Morgan fingerprint density at radius 1 is 0.879 bits per heavy atom. The summed E-state index contributed by atoms with van der Waals surface area (Å²) >= 11 is 0. The minimum Gasteiger partial charge on any atom is -0.497 e. The third-order valence-electron chi connectivity index (χ3n) is 12.0. The highest BCUT2D eigenvalue weighted by molar-refractivity contribution is 7.54. The number of carbonyl (C=O) groups is 2. The van der Waals surface area contributed by atoms with E-state index in [0.29, 0.717) is 30.3 Å². The van der Waals surface area contributed by atoms with Crippen molar-refractivity contribution < 1.29 is 56.0 Å². The molecule has 3 rings (SSSR count). The number of esters is 1. The van der Waals surface area contributed by atoms with Crippen LogP contribution >= 0.6 is 7.60 Å². The van der Waals surface area contributed by atoms with E-state index < -0.39 is 40.3 Å². The van der Waals surface area contributed by atoms with Crippen molar-refractivity contribution in [3.8, 4) is 17.2 Å². The van der Waals surface area contributed by atoms with Gasteiger partial charge in [0, 0.05) is 6.42 Å². The molecule has 368 valence electrons. The summed E-state index contributed by atoms with van der Waals surface area (Å²) in [5, 5.41) is 0.0494. The average molecular weight is 955 g/mol. The molecule has 0 heterocycles. The third kappa shape index (κ3) is 19.4. The molecule has 0 spiro atoms. The molecule has 0 unspecified atom stereocenters. The molecule has 5 atom stereocenters. The van der Waals surface area contributed by atoms with Gasteiger partial charge in [0.05, 0.1) is 60.5 Å². The molecular formula is C52H79O12PSi. The second-order valence-electron chi connectivity index (χ2n) is 18.7. The van der Waals surface area contributed by atoms with Gasteiger partial charge in [-0.05, 0) is 131 Å². The lowest BCUT2D eigenvalue weighted by atomic mass is 9.76. The Labute approximate surface area is 397 Å². The van der Waals surface area contributed by atoms with Crippen LogP contribution < -0.4 is 14.2 Å². The normalized spacial score (nSPS) is 17.9. The van der Waals surface area contributed by atoms with Crippen LogP contribution in [-0.4, -0.2) is 86.2 Å². The van der Waals surface area contributed by atoms with Crippen LogP contribution in [0.3, 0.4) is 0 Å². The molecule has 0 amide bonds. The molecule has 14 heteroatoms. The number of methoxy groups -OCH3 is 3. The molecule has 0 saturated heterocycles. The molecule has 1 fully saturated rings. The van der Waals surface area contributed by atoms with Gasteiger partial charge in [-0.25, -0.2) is 0 Å². The van der Waals surface area contributed by atoms with Gasteiger partial charge >= 0.3 is 13.6 Å². The standard InChI is InChI=1S/C52H79O12PSi/c1-14-61-65(55,62-15-2)37-51(54)63-49(50(60-35-41-19-22-45(56-9)23-20-41)36-59-34-43-21-24-47(57-10)48(33-43)58-11)31-40(5)29-44-28-39(4)27-42(32-44)17-16-18-46(30-38(3)25-26-53)64-66(12,13)52(6,7)8/h16,18-26,29,33,42,44,46,49-50H,4,14-15,17,27-28,30-32,34-37H2,1-3,5-13H3/b18-16+,38-25-,40-29+/t42-,44-,46+,49-,50-/m1/s1. The van der Waals surface area contributed by atoms with Crippen LogP contribution in [0.4, 0.5) is 0 Å². The molecule has 0 N–H and O–H groups in total. The molecule has 2 aromatic carbocycles. The van der Waals surface area contributed by atoms with Crippen LogP contribution in [0.1, 0.15) is 98.1 Å². The number of hydrogen-bond donors (Lipinski definition) is 0. The molecule has 0 aliphatic heterocycles. The summed E-state index contributed by atoms with van der Waals surface area (Å²) in [6, 6.07) is 13.1. The lowest BCUT2D eigenvalue weighted by Gasteiger charge is -2.38. The van der Waals surface area contributed by atoms with Crippen molar-refractivity contribution in [1.29, 1.82) is 0 Å². The van der Waals surface area contributed by atoms with Crippen molar-refractivity contribution in [2.24, 2.45) is 11.8 Å². The summed E-state index contributed by atoms with van der Waals surface area (Å²) in [5.41, 5.74) is 4.94. The zero-order valence-electron chi connectivity index (χ0n) is 41.9. The van der Waals surface area contributed by atoms with Gasteiger partial charge in [0.1, 0.15) is 30.4 Å². The quantitative estimate of drug-likeness (QED) is 0.0192. The third-order valence-corrected chi connectivity index (χ3v) is 18.5. The van der Waals surface area contributed by atoms with Crippen LogP contribution in [0.2, 0.25) is 18.1 Å². The fraction of sp³-hybridized carbons (Fsp3) is 0.577. The topological polar surface area (TPSA) is 134 Å². The second-order valence-corrected chi connectivity index (χ2v) is 25.5. The molecule has 1 saturated carbocycles. The largest absolute Gasteiger partial charge is 0.497 e. The maximum Gasteiger partial charge on any atom is 0.341 e. The maximum atomic E-state index is 13.8. The van der Waals surface area contributed by atoms with Crippen LogP contribution in [-0.2, 0) is 55.1 Å². The van der Waals surface area contributed by atoms with Crippen LogP contribution in [0.15, 0.2) is 90.1 Å². The summed E-state index contributed by atoms with van der Waals surface area (Å²) in [6.07, 6.45) is 11.6. The number of aldehydes is 1. The Kier molecular flexibility index (Phi) is 23.9. The summed E-state index contributed by atoms with van der Waals surface area (Å²) in [7, 11) is -1.06. The monoisotopic (exact) mass is 955 g/mol. The van der Waals surface area contributed by atoms with E-state index in [9.17, 15) is 14.2 Å². The van der Waals surface area contributed by atoms with E-state index in [1.54, 1.807) is 41.3 Å². The minimum absolute atomic E-state index is 0.0494. The number of allylic oxidation sites excluding steroid dienone is 4. The van der Waals surface area contributed by atoms with Gasteiger partial charge in [-0.2, -0.15) is 0 Å². The van der Waals surface area contributed by atoms with Crippen LogP contribution in [0.25, 0.3) is 0 Å². The van der Waals surface area contributed by atoms with Crippen molar-refractivity contribution in [2.45, 2.75) is 137 Å². The van der Waals surface area contributed by atoms with Gasteiger partial charge in [-0.15, -0.1) is 0 Å². The van der Waals surface area contributed by atoms with Gasteiger partial charge in [0.2, 0.25) is 0 Å². The molecule has 0 radical (unpaired) electrons. The van der Waals surface area contributed by atoms with Crippen molar-refractivity contribution >= 4 is 28.2 Å². The highest BCUT2D eigenvalue weighted by Crippen LogP contribution is 2.48. The van der Waals surface area contributed by atoms with E-state index in [1.165, 1.54) is 5.57 Å².